The predicted octanol–water partition coefficient (Wildman–Crippen LogP) is 2.71. The molecule has 0 aliphatic rings. The van der Waals surface area contributed by atoms with Gasteiger partial charge in [0.1, 0.15) is 25.5 Å². The number of sulfonamides is 1. The van der Waals surface area contributed by atoms with Crippen molar-refractivity contribution < 1.29 is 27.5 Å². The number of ether oxygens (including phenoxy) is 2. The van der Waals surface area contributed by atoms with Gasteiger partial charge in [0.2, 0.25) is 10.0 Å². The molecule has 0 unspecified atom stereocenters. The maximum atomic E-state index is 11.9. The third-order valence-corrected chi connectivity index (χ3v) is 4.85. The summed E-state index contributed by atoms with van der Waals surface area (Å²) in [4.78, 5) is 23.2. The van der Waals surface area contributed by atoms with Crippen molar-refractivity contribution in [3.63, 3.8) is 0 Å². The lowest BCUT2D eigenvalue weighted by Crippen LogP contribution is -2.30. The second-order valence-corrected chi connectivity index (χ2v) is 7.85. The summed E-state index contributed by atoms with van der Waals surface area (Å²) in [6.07, 6.45) is 1.44. The van der Waals surface area contributed by atoms with Gasteiger partial charge in [0.15, 0.2) is 5.78 Å². The van der Waals surface area contributed by atoms with Crippen molar-refractivity contribution in [3.8, 4) is 5.75 Å². The van der Waals surface area contributed by atoms with Crippen LogP contribution < -0.4 is 9.46 Å². The van der Waals surface area contributed by atoms with Crippen molar-refractivity contribution >= 4 is 27.9 Å². The van der Waals surface area contributed by atoms with Gasteiger partial charge in [-0.1, -0.05) is 42.0 Å². The van der Waals surface area contributed by atoms with E-state index in [1.807, 2.05) is 19.1 Å². The summed E-state index contributed by atoms with van der Waals surface area (Å²) >= 11 is 0. The fraction of sp³-hybridized carbons (Fsp3) is 0.238. The summed E-state index contributed by atoms with van der Waals surface area (Å²) in [6.45, 7) is 2.83. The fourth-order valence-electron chi connectivity index (χ4n) is 2.29. The Balaban J connectivity index is 1.74. The molecule has 0 fully saturated rings. The van der Waals surface area contributed by atoms with Gasteiger partial charge in [0, 0.05) is 5.41 Å². The molecule has 8 heteroatoms. The molecule has 1 N–H and O–H groups in total. The number of benzene rings is 2. The standard InChI is InChI=1S/C21H23NO6S/c1-16-7-9-18(10-8-16)11-14-29(25,26)22-15-21(24)28-13-12-27-20-6-4-3-5-19(20)17(2)23/h3-11,14,22H,12-13,15H2,1-2H3/b14-11+. The van der Waals surface area contributed by atoms with E-state index in [4.69, 9.17) is 9.47 Å². The lowest BCUT2D eigenvalue weighted by atomic mass is 10.1. The Morgan fingerprint density at radius 2 is 1.72 bits per heavy atom. The maximum Gasteiger partial charge on any atom is 0.321 e. The largest absolute Gasteiger partial charge is 0.489 e. The van der Waals surface area contributed by atoms with Gasteiger partial charge in [-0.25, -0.2) is 13.1 Å². The zero-order chi connectivity index (χ0) is 21.3. The van der Waals surface area contributed by atoms with Gasteiger partial charge in [0.05, 0.1) is 5.56 Å². The normalized spacial score (nSPS) is 11.4. The molecule has 0 aromatic heterocycles. The van der Waals surface area contributed by atoms with Crippen LogP contribution in [-0.2, 0) is 19.6 Å². The van der Waals surface area contributed by atoms with E-state index in [1.165, 1.54) is 13.0 Å². The van der Waals surface area contributed by atoms with Crippen molar-refractivity contribution in [1.29, 1.82) is 0 Å². The van der Waals surface area contributed by atoms with Crippen molar-refractivity contribution in [1.82, 2.24) is 4.72 Å². The Morgan fingerprint density at radius 1 is 1.03 bits per heavy atom. The zero-order valence-electron chi connectivity index (χ0n) is 16.3. The maximum absolute atomic E-state index is 11.9. The van der Waals surface area contributed by atoms with Crippen LogP contribution in [-0.4, -0.2) is 39.9 Å². The number of rotatable bonds is 10. The number of para-hydroxylation sites is 1. The highest BCUT2D eigenvalue weighted by molar-refractivity contribution is 7.92. The Kier molecular flexibility index (Phi) is 8.11. The molecular weight excluding hydrogens is 394 g/mol. The molecule has 2 aromatic carbocycles. The number of hydrogen-bond acceptors (Lipinski definition) is 6. The van der Waals surface area contributed by atoms with E-state index in [1.54, 1.807) is 36.4 Å². The lowest BCUT2D eigenvalue weighted by Gasteiger charge is -2.10. The molecule has 0 saturated carbocycles. The smallest absolute Gasteiger partial charge is 0.321 e. The third-order valence-electron chi connectivity index (χ3n) is 3.80. The number of Topliss-reactive ketones (excluding diaryl/α,β-unsaturated/α-hetero) is 1. The van der Waals surface area contributed by atoms with Crippen LogP contribution in [0.4, 0.5) is 0 Å². The SMILES string of the molecule is CC(=O)c1ccccc1OCCOC(=O)CNS(=O)(=O)/C=C/c1ccc(C)cc1. The Morgan fingerprint density at radius 3 is 2.41 bits per heavy atom. The highest BCUT2D eigenvalue weighted by Gasteiger charge is 2.11. The molecule has 0 aliphatic heterocycles. The van der Waals surface area contributed by atoms with Gasteiger partial charge in [-0.15, -0.1) is 0 Å². The van der Waals surface area contributed by atoms with Crippen LogP contribution in [0.15, 0.2) is 53.9 Å². The minimum atomic E-state index is -3.77. The van der Waals surface area contributed by atoms with Crippen LogP contribution in [0.2, 0.25) is 0 Å². The molecule has 154 valence electrons. The molecule has 0 aliphatic carbocycles. The number of hydrogen-bond donors (Lipinski definition) is 1. The van der Waals surface area contributed by atoms with Gasteiger partial charge < -0.3 is 9.47 Å². The topological polar surface area (TPSA) is 98.8 Å². The summed E-state index contributed by atoms with van der Waals surface area (Å²) in [5.74, 6) is -0.468. The average molecular weight is 417 g/mol. The second kappa shape index (κ2) is 10.5. The summed E-state index contributed by atoms with van der Waals surface area (Å²) < 4.78 is 36.4. The fourth-order valence-corrected chi connectivity index (χ4v) is 3.05. The van der Waals surface area contributed by atoms with Crippen LogP contribution in [0.3, 0.4) is 0 Å². The summed E-state index contributed by atoms with van der Waals surface area (Å²) in [6, 6.07) is 14.1. The lowest BCUT2D eigenvalue weighted by molar-refractivity contribution is -0.142. The van der Waals surface area contributed by atoms with Crippen molar-refractivity contribution in [3.05, 3.63) is 70.6 Å². The Labute approximate surface area is 170 Å². The van der Waals surface area contributed by atoms with E-state index in [0.717, 1.165) is 16.5 Å². The molecule has 0 atom stereocenters. The summed E-state index contributed by atoms with van der Waals surface area (Å²) in [5, 5.41) is 0.993. The molecule has 0 spiro atoms. The first-order valence-corrected chi connectivity index (χ1v) is 10.4. The van der Waals surface area contributed by atoms with Gasteiger partial charge in [-0.2, -0.15) is 0 Å². The van der Waals surface area contributed by atoms with E-state index in [2.05, 4.69) is 4.72 Å². The molecule has 0 bridgehead atoms. The van der Waals surface area contributed by atoms with Crippen molar-refractivity contribution in [2.45, 2.75) is 13.8 Å². The number of carbonyl (C=O) groups excluding carboxylic acids is 2. The molecule has 0 radical (unpaired) electrons. The Bertz CT molecular complexity index is 980. The quantitative estimate of drug-likeness (QED) is 0.363. The van der Waals surface area contributed by atoms with Crippen LogP contribution >= 0.6 is 0 Å². The van der Waals surface area contributed by atoms with Gasteiger partial charge in [-0.3, -0.25) is 9.59 Å². The van der Waals surface area contributed by atoms with Gasteiger partial charge in [0.25, 0.3) is 0 Å². The second-order valence-electron chi connectivity index (χ2n) is 6.20. The molecule has 0 amide bonds. The molecule has 2 rings (SSSR count). The number of aryl methyl sites for hydroxylation is 1. The number of nitrogens with one attached hydrogen (secondary N) is 1. The van der Waals surface area contributed by atoms with E-state index < -0.39 is 22.5 Å². The van der Waals surface area contributed by atoms with E-state index >= 15 is 0 Å². The number of esters is 1. The summed E-state index contributed by atoms with van der Waals surface area (Å²) in [7, 11) is -3.77. The van der Waals surface area contributed by atoms with Crippen molar-refractivity contribution in [2.75, 3.05) is 19.8 Å². The summed E-state index contributed by atoms with van der Waals surface area (Å²) in [5.41, 5.74) is 2.23. The van der Waals surface area contributed by atoms with Gasteiger partial charge >= 0.3 is 5.97 Å². The predicted molar refractivity (Wildman–Crippen MR) is 110 cm³/mol. The molecule has 0 saturated heterocycles. The van der Waals surface area contributed by atoms with E-state index in [-0.39, 0.29) is 19.0 Å². The average Bonchev–Trinajstić information content (AvgIpc) is 2.69. The molecule has 29 heavy (non-hydrogen) atoms. The number of ketones is 1. The third kappa shape index (κ3) is 7.89. The monoisotopic (exact) mass is 417 g/mol. The van der Waals surface area contributed by atoms with Crippen LogP contribution in [0.25, 0.3) is 6.08 Å². The van der Waals surface area contributed by atoms with Crippen LogP contribution in [0.1, 0.15) is 28.4 Å². The van der Waals surface area contributed by atoms with Crippen LogP contribution in [0, 0.1) is 6.92 Å². The minimum Gasteiger partial charge on any atom is -0.489 e. The first-order chi connectivity index (χ1) is 13.8. The van der Waals surface area contributed by atoms with E-state index in [9.17, 15) is 18.0 Å². The van der Waals surface area contributed by atoms with Crippen molar-refractivity contribution in [2.24, 2.45) is 0 Å². The molecule has 0 heterocycles. The first kappa shape index (κ1) is 22.3. The first-order valence-electron chi connectivity index (χ1n) is 8.89. The highest BCUT2D eigenvalue weighted by atomic mass is 32.2. The van der Waals surface area contributed by atoms with Gasteiger partial charge in [-0.05, 0) is 37.6 Å². The van der Waals surface area contributed by atoms with E-state index in [0.29, 0.717) is 11.3 Å². The molecular formula is C21H23NO6S. The minimum absolute atomic E-state index is 0.0378. The Hall–Kier alpha value is -2.97. The molecule has 7 nitrogen and oxygen atoms in total. The van der Waals surface area contributed by atoms with Crippen LogP contribution in [0.5, 0.6) is 5.75 Å². The molecule has 2 aromatic rings. The zero-order valence-corrected chi connectivity index (χ0v) is 17.1. The highest BCUT2D eigenvalue weighted by Crippen LogP contribution is 2.18. The number of carbonyl (C=O) groups is 2.